The molecule has 2 aromatic rings. The summed E-state index contributed by atoms with van der Waals surface area (Å²) in [5.41, 5.74) is 3.05. The molecule has 0 spiro atoms. The van der Waals surface area contributed by atoms with Crippen molar-refractivity contribution in [1.29, 1.82) is 0 Å². The number of nitrogens with zero attached hydrogens (tertiary/aromatic N) is 2. The molecule has 0 aromatic heterocycles. The zero-order valence-electron chi connectivity index (χ0n) is 17.4. The fourth-order valence-electron chi connectivity index (χ4n) is 4.19. The van der Waals surface area contributed by atoms with Crippen LogP contribution in [0.4, 0.5) is 5.69 Å². The van der Waals surface area contributed by atoms with Crippen molar-refractivity contribution in [2.75, 3.05) is 30.3 Å². The number of carbonyl (C=O) groups excluding carboxylic acids is 2. The zero-order valence-corrected chi connectivity index (χ0v) is 18.2. The Morgan fingerprint density at radius 3 is 2.52 bits per heavy atom. The SMILES string of the molecule is O=C(NCCCS(=O)(=O)N1CCc2ccccc2C1)C1CC(=O)N(c2ccccc2)C1. The lowest BCUT2D eigenvalue weighted by molar-refractivity contribution is -0.126. The van der Waals surface area contributed by atoms with Crippen LogP contribution in [0.1, 0.15) is 24.0 Å². The highest BCUT2D eigenvalue weighted by Crippen LogP contribution is 2.25. The number of sulfonamides is 1. The molecule has 2 heterocycles. The summed E-state index contributed by atoms with van der Waals surface area (Å²) >= 11 is 0. The van der Waals surface area contributed by atoms with Gasteiger partial charge >= 0.3 is 0 Å². The van der Waals surface area contributed by atoms with Crippen LogP contribution in [-0.4, -0.2) is 49.9 Å². The van der Waals surface area contributed by atoms with Gasteiger partial charge in [-0.1, -0.05) is 42.5 Å². The molecular weight excluding hydrogens is 414 g/mol. The van der Waals surface area contributed by atoms with Gasteiger partial charge in [0.15, 0.2) is 0 Å². The number of rotatable bonds is 7. The van der Waals surface area contributed by atoms with Crippen molar-refractivity contribution >= 4 is 27.5 Å². The molecule has 2 aromatic carbocycles. The number of anilines is 1. The predicted octanol–water partition coefficient (Wildman–Crippen LogP) is 1.93. The molecule has 0 radical (unpaired) electrons. The average Bonchev–Trinajstić information content (AvgIpc) is 3.18. The molecule has 4 rings (SSSR count). The summed E-state index contributed by atoms with van der Waals surface area (Å²) in [6.07, 6.45) is 1.24. The molecule has 1 N–H and O–H groups in total. The molecule has 0 bridgehead atoms. The van der Waals surface area contributed by atoms with Gasteiger partial charge < -0.3 is 10.2 Å². The number of nitrogens with one attached hydrogen (secondary N) is 1. The van der Waals surface area contributed by atoms with Gasteiger partial charge in [-0.3, -0.25) is 9.59 Å². The highest BCUT2D eigenvalue weighted by Gasteiger charge is 2.35. The quantitative estimate of drug-likeness (QED) is 0.666. The van der Waals surface area contributed by atoms with Crippen LogP contribution >= 0.6 is 0 Å². The van der Waals surface area contributed by atoms with E-state index < -0.39 is 15.9 Å². The second-order valence-electron chi connectivity index (χ2n) is 8.05. The van der Waals surface area contributed by atoms with Crippen LogP contribution in [-0.2, 0) is 32.6 Å². The summed E-state index contributed by atoms with van der Waals surface area (Å²) in [4.78, 5) is 26.4. The second-order valence-corrected chi connectivity index (χ2v) is 10.1. The first-order chi connectivity index (χ1) is 14.9. The van der Waals surface area contributed by atoms with Gasteiger partial charge in [0.05, 0.1) is 11.7 Å². The third-order valence-electron chi connectivity index (χ3n) is 5.93. The van der Waals surface area contributed by atoms with Gasteiger partial charge in [-0.25, -0.2) is 8.42 Å². The summed E-state index contributed by atoms with van der Waals surface area (Å²) in [5.74, 6) is -0.687. The van der Waals surface area contributed by atoms with E-state index >= 15 is 0 Å². The lowest BCUT2D eigenvalue weighted by Crippen LogP contribution is -2.38. The molecule has 2 aliphatic rings. The summed E-state index contributed by atoms with van der Waals surface area (Å²) in [6, 6.07) is 17.2. The highest BCUT2D eigenvalue weighted by molar-refractivity contribution is 7.89. The lowest BCUT2D eigenvalue weighted by Gasteiger charge is -2.28. The van der Waals surface area contributed by atoms with Crippen molar-refractivity contribution in [3.05, 3.63) is 65.7 Å². The molecule has 1 saturated heterocycles. The molecule has 31 heavy (non-hydrogen) atoms. The van der Waals surface area contributed by atoms with Gasteiger partial charge in [-0.15, -0.1) is 0 Å². The molecule has 0 aliphatic carbocycles. The maximum absolute atomic E-state index is 12.7. The van der Waals surface area contributed by atoms with Crippen LogP contribution in [0.5, 0.6) is 0 Å². The van der Waals surface area contributed by atoms with Gasteiger partial charge in [-0.2, -0.15) is 4.31 Å². The lowest BCUT2D eigenvalue weighted by atomic mass is 10.0. The number of carbonyl (C=O) groups is 2. The van der Waals surface area contributed by atoms with Crippen LogP contribution in [0.3, 0.4) is 0 Å². The first-order valence-corrected chi connectivity index (χ1v) is 12.2. The maximum atomic E-state index is 12.7. The van der Waals surface area contributed by atoms with Crippen LogP contribution in [0, 0.1) is 5.92 Å². The van der Waals surface area contributed by atoms with Gasteiger partial charge in [0, 0.05) is 38.3 Å². The molecule has 8 heteroatoms. The van der Waals surface area contributed by atoms with E-state index in [0.29, 0.717) is 26.1 Å². The largest absolute Gasteiger partial charge is 0.356 e. The molecular formula is C23H27N3O4S. The van der Waals surface area contributed by atoms with E-state index in [1.54, 1.807) is 4.90 Å². The van der Waals surface area contributed by atoms with Crippen molar-refractivity contribution in [3.8, 4) is 0 Å². The molecule has 2 amide bonds. The minimum Gasteiger partial charge on any atom is -0.356 e. The van der Waals surface area contributed by atoms with E-state index in [1.807, 2.05) is 54.6 Å². The predicted molar refractivity (Wildman–Crippen MR) is 119 cm³/mol. The van der Waals surface area contributed by atoms with Crippen LogP contribution in [0.25, 0.3) is 0 Å². The topological polar surface area (TPSA) is 86.8 Å². The minimum absolute atomic E-state index is 0.00478. The normalized spacial score (nSPS) is 19.3. The average molecular weight is 442 g/mol. The summed E-state index contributed by atoms with van der Waals surface area (Å²) in [7, 11) is -3.38. The minimum atomic E-state index is -3.38. The second kappa shape index (κ2) is 9.20. The Balaban J connectivity index is 1.23. The fraction of sp³-hybridized carbons (Fsp3) is 0.391. The highest BCUT2D eigenvalue weighted by atomic mass is 32.2. The third-order valence-corrected chi connectivity index (χ3v) is 7.83. The number of para-hydroxylation sites is 1. The van der Waals surface area contributed by atoms with E-state index in [9.17, 15) is 18.0 Å². The van der Waals surface area contributed by atoms with Crippen molar-refractivity contribution in [3.63, 3.8) is 0 Å². The molecule has 0 saturated carbocycles. The van der Waals surface area contributed by atoms with E-state index in [-0.39, 0.29) is 30.5 Å². The van der Waals surface area contributed by atoms with Crippen molar-refractivity contribution in [1.82, 2.24) is 9.62 Å². The smallest absolute Gasteiger partial charge is 0.227 e. The van der Waals surface area contributed by atoms with Gasteiger partial charge in [0.1, 0.15) is 0 Å². The Kier molecular flexibility index (Phi) is 6.38. The Labute approximate surface area is 183 Å². The summed E-state index contributed by atoms with van der Waals surface area (Å²) < 4.78 is 26.9. The van der Waals surface area contributed by atoms with Gasteiger partial charge in [-0.05, 0) is 36.1 Å². The number of amides is 2. The van der Waals surface area contributed by atoms with Gasteiger partial charge in [0.2, 0.25) is 21.8 Å². The molecule has 164 valence electrons. The molecule has 1 atom stereocenters. The molecule has 1 unspecified atom stereocenters. The van der Waals surface area contributed by atoms with E-state index in [2.05, 4.69) is 5.32 Å². The molecule has 1 fully saturated rings. The Morgan fingerprint density at radius 1 is 1.03 bits per heavy atom. The number of benzene rings is 2. The van der Waals surface area contributed by atoms with E-state index in [1.165, 1.54) is 9.87 Å². The van der Waals surface area contributed by atoms with Crippen molar-refractivity contribution in [2.24, 2.45) is 5.92 Å². The number of fused-ring (bicyclic) bond motifs is 1. The number of hydrogen-bond acceptors (Lipinski definition) is 4. The third kappa shape index (κ3) is 4.97. The van der Waals surface area contributed by atoms with Crippen LogP contribution < -0.4 is 10.2 Å². The Hall–Kier alpha value is -2.71. The first-order valence-electron chi connectivity index (χ1n) is 10.6. The van der Waals surface area contributed by atoms with Crippen molar-refractivity contribution < 1.29 is 18.0 Å². The van der Waals surface area contributed by atoms with Crippen LogP contribution in [0.15, 0.2) is 54.6 Å². The van der Waals surface area contributed by atoms with E-state index in [0.717, 1.165) is 17.7 Å². The number of hydrogen-bond donors (Lipinski definition) is 1. The van der Waals surface area contributed by atoms with E-state index in [4.69, 9.17) is 0 Å². The monoisotopic (exact) mass is 441 g/mol. The summed E-state index contributed by atoms with van der Waals surface area (Å²) in [5, 5.41) is 2.81. The Bertz CT molecular complexity index is 1060. The summed E-state index contributed by atoms with van der Waals surface area (Å²) in [6.45, 7) is 1.52. The maximum Gasteiger partial charge on any atom is 0.227 e. The van der Waals surface area contributed by atoms with Crippen molar-refractivity contribution in [2.45, 2.75) is 25.8 Å². The molecule has 7 nitrogen and oxygen atoms in total. The van der Waals surface area contributed by atoms with Gasteiger partial charge in [0.25, 0.3) is 0 Å². The van der Waals surface area contributed by atoms with Crippen LogP contribution in [0.2, 0.25) is 0 Å². The fourth-order valence-corrected chi connectivity index (χ4v) is 5.66. The molecule has 2 aliphatic heterocycles. The zero-order chi connectivity index (χ0) is 21.8. The first kappa shape index (κ1) is 21.5. The standard InChI is InChI=1S/C23H27N3O4S/c27-22-15-20(17-26(22)21-9-2-1-3-10-21)23(28)24-12-6-14-31(29,30)25-13-11-18-7-4-5-8-19(18)16-25/h1-5,7-10,20H,6,11-17H2,(H,24,28). The Morgan fingerprint density at radius 2 is 1.74 bits per heavy atom.